The van der Waals surface area contributed by atoms with Crippen LogP contribution in [-0.2, 0) is 0 Å². The average Bonchev–Trinajstić information content (AvgIpc) is 2.10. The zero-order valence-electron chi connectivity index (χ0n) is 8.47. The van der Waals surface area contributed by atoms with E-state index in [1.54, 1.807) is 0 Å². The molecule has 0 aromatic rings. The van der Waals surface area contributed by atoms with E-state index < -0.39 is 0 Å². The zero-order chi connectivity index (χ0) is 9.40. The second-order valence-corrected chi connectivity index (χ2v) is 3.36. The summed E-state index contributed by atoms with van der Waals surface area (Å²) in [5.41, 5.74) is 1.50. The molecular formula is C12H21. The van der Waals surface area contributed by atoms with E-state index in [9.17, 15) is 0 Å². The van der Waals surface area contributed by atoms with Crippen LogP contribution in [0, 0.1) is 12.8 Å². The standard InChI is InChI=1S/C12H21/c1-5-7-9-11(3)12(4)10-8-6-2/h5,10-11H,1-2,6-9H2,3-4H3. The highest BCUT2D eigenvalue weighted by atomic mass is 14.1. The van der Waals surface area contributed by atoms with Crippen LogP contribution in [0.4, 0.5) is 0 Å². The number of hydrogen-bond donors (Lipinski definition) is 0. The van der Waals surface area contributed by atoms with Gasteiger partial charge in [-0.3, -0.25) is 0 Å². The van der Waals surface area contributed by atoms with Crippen molar-refractivity contribution in [2.24, 2.45) is 5.92 Å². The number of allylic oxidation sites excluding steroid dienone is 3. The van der Waals surface area contributed by atoms with Crippen molar-refractivity contribution < 1.29 is 0 Å². The van der Waals surface area contributed by atoms with E-state index in [0.29, 0.717) is 5.92 Å². The molecule has 1 radical (unpaired) electrons. The zero-order valence-corrected chi connectivity index (χ0v) is 8.47. The van der Waals surface area contributed by atoms with Gasteiger partial charge in [0.25, 0.3) is 0 Å². The summed E-state index contributed by atoms with van der Waals surface area (Å²) in [4.78, 5) is 0. The molecule has 0 aromatic carbocycles. The lowest BCUT2D eigenvalue weighted by atomic mass is 9.96. The Kier molecular flexibility index (Phi) is 6.84. The largest absolute Gasteiger partial charge is 0.103 e. The lowest BCUT2D eigenvalue weighted by Gasteiger charge is -2.10. The fourth-order valence-corrected chi connectivity index (χ4v) is 1.13. The van der Waals surface area contributed by atoms with E-state index in [1.165, 1.54) is 12.0 Å². The Bertz CT molecular complexity index is 142. The van der Waals surface area contributed by atoms with Crippen LogP contribution in [0.1, 0.15) is 39.5 Å². The highest BCUT2D eigenvalue weighted by molar-refractivity contribution is 5.02. The number of hydrogen-bond acceptors (Lipinski definition) is 0. The molecule has 0 aliphatic heterocycles. The fraction of sp³-hybridized carbons (Fsp3) is 0.583. The first-order chi connectivity index (χ1) is 5.72. The summed E-state index contributed by atoms with van der Waals surface area (Å²) in [5.74, 6) is 0.703. The van der Waals surface area contributed by atoms with E-state index in [4.69, 9.17) is 0 Å². The third-order valence-corrected chi connectivity index (χ3v) is 2.25. The fourth-order valence-electron chi connectivity index (χ4n) is 1.13. The van der Waals surface area contributed by atoms with Gasteiger partial charge in [-0.25, -0.2) is 0 Å². The normalized spacial score (nSPS) is 14.4. The Morgan fingerprint density at radius 2 is 2.08 bits per heavy atom. The van der Waals surface area contributed by atoms with Crippen LogP contribution in [0.15, 0.2) is 24.3 Å². The first kappa shape index (κ1) is 11.5. The van der Waals surface area contributed by atoms with Gasteiger partial charge in [-0.1, -0.05) is 31.6 Å². The third-order valence-electron chi connectivity index (χ3n) is 2.25. The lowest BCUT2D eigenvalue weighted by Crippen LogP contribution is -1.95. The molecule has 0 aliphatic rings. The summed E-state index contributed by atoms with van der Waals surface area (Å²) in [7, 11) is 0. The maximum absolute atomic E-state index is 3.82. The van der Waals surface area contributed by atoms with Crippen LogP contribution in [0.2, 0.25) is 0 Å². The van der Waals surface area contributed by atoms with Gasteiger partial charge in [0, 0.05) is 0 Å². The minimum absolute atomic E-state index is 0.703. The molecule has 0 rings (SSSR count). The van der Waals surface area contributed by atoms with Gasteiger partial charge < -0.3 is 0 Å². The van der Waals surface area contributed by atoms with Crippen molar-refractivity contribution >= 4 is 0 Å². The molecule has 0 saturated heterocycles. The summed E-state index contributed by atoms with van der Waals surface area (Å²) >= 11 is 0. The van der Waals surface area contributed by atoms with Gasteiger partial charge >= 0.3 is 0 Å². The SMILES string of the molecule is [CH2]CCC=C(C)C(C)CCC=C. The van der Waals surface area contributed by atoms with Crippen LogP contribution in [0.25, 0.3) is 0 Å². The van der Waals surface area contributed by atoms with Crippen molar-refractivity contribution in [2.45, 2.75) is 39.5 Å². The average molecular weight is 165 g/mol. The maximum Gasteiger partial charge on any atom is -0.0232 e. The summed E-state index contributed by atoms with van der Waals surface area (Å²) < 4.78 is 0. The van der Waals surface area contributed by atoms with Crippen LogP contribution < -0.4 is 0 Å². The monoisotopic (exact) mass is 165 g/mol. The molecule has 1 unspecified atom stereocenters. The predicted octanol–water partition coefficient (Wildman–Crippen LogP) is 4.15. The molecule has 12 heavy (non-hydrogen) atoms. The summed E-state index contributed by atoms with van der Waals surface area (Å²) in [5, 5.41) is 0. The Morgan fingerprint density at radius 1 is 1.42 bits per heavy atom. The van der Waals surface area contributed by atoms with Crippen LogP contribution in [0.3, 0.4) is 0 Å². The van der Waals surface area contributed by atoms with Crippen molar-refractivity contribution in [1.29, 1.82) is 0 Å². The van der Waals surface area contributed by atoms with Gasteiger partial charge in [0.05, 0.1) is 0 Å². The summed E-state index contributed by atoms with van der Waals surface area (Å²) in [6, 6.07) is 0. The molecule has 0 N–H and O–H groups in total. The van der Waals surface area contributed by atoms with Crippen LogP contribution >= 0.6 is 0 Å². The van der Waals surface area contributed by atoms with Gasteiger partial charge in [-0.05, 0) is 38.5 Å². The molecule has 0 saturated carbocycles. The van der Waals surface area contributed by atoms with Crippen LogP contribution in [0.5, 0.6) is 0 Å². The molecule has 0 spiro atoms. The lowest BCUT2D eigenvalue weighted by molar-refractivity contribution is 0.618. The van der Waals surface area contributed by atoms with Crippen molar-refractivity contribution in [3.8, 4) is 0 Å². The smallest absolute Gasteiger partial charge is 0.0232 e. The second kappa shape index (κ2) is 7.15. The van der Waals surface area contributed by atoms with Gasteiger partial charge in [-0.15, -0.1) is 6.58 Å². The summed E-state index contributed by atoms with van der Waals surface area (Å²) in [6.45, 7) is 12.0. The predicted molar refractivity (Wildman–Crippen MR) is 56.9 cm³/mol. The minimum atomic E-state index is 0.703. The topological polar surface area (TPSA) is 0 Å². The van der Waals surface area contributed by atoms with Gasteiger partial charge in [-0.2, -0.15) is 0 Å². The van der Waals surface area contributed by atoms with Crippen molar-refractivity contribution in [3.63, 3.8) is 0 Å². The molecule has 0 bridgehead atoms. The van der Waals surface area contributed by atoms with E-state index >= 15 is 0 Å². The van der Waals surface area contributed by atoms with Gasteiger partial charge in [0.15, 0.2) is 0 Å². The van der Waals surface area contributed by atoms with Gasteiger partial charge in [0.2, 0.25) is 0 Å². The minimum Gasteiger partial charge on any atom is -0.103 e. The summed E-state index contributed by atoms with van der Waals surface area (Å²) in [6.07, 6.45) is 8.77. The molecule has 0 heterocycles. The van der Waals surface area contributed by atoms with Gasteiger partial charge in [0.1, 0.15) is 0 Å². The quantitative estimate of drug-likeness (QED) is 0.519. The van der Waals surface area contributed by atoms with E-state index in [2.05, 4.69) is 33.4 Å². The van der Waals surface area contributed by atoms with Crippen molar-refractivity contribution in [3.05, 3.63) is 31.2 Å². The molecule has 0 aromatic heterocycles. The Hall–Kier alpha value is -0.520. The molecule has 0 nitrogen and oxygen atoms in total. The molecule has 69 valence electrons. The molecule has 0 aliphatic carbocycles. The Balaban J connectivity index is 3.73. The Morgan fingerprint density at radius 3 is 2.58 bits per heavy atom. The molecule has 0 heteroatoms. The van der Waals surface area contributed by atoms with E-state index in [1.807, 2.05) is 6.08 Å². The first-order valence-electron chi connectivity index (χ1n) is 4.79. The maximum atomic E-state index is 3.82. The highest BCUT2D eigenvalue weighted by Crippen LogP contribution is 2.16. The van der Waals surface area contributed by atoms with Crippen molar-refractivity contribution in [1.82, 2.24) is 0 Å². The molecule has 0 fully saturated rings. The molecular weight excluding hydrogens is 144 g/mol. The second-order valence-electron chi connectivity index (χ2n) is 3.36. The highest BCUT2D eigenvalue weighted by Gasteiger charge is 2.01. The van der Waals surface area contributed by atoms with Crippen LogP contribution in [-0.4, -0.2) is 0 Å². The van der Waals surface area contributed by atoms with E-state index in [-0.39, 0.29) is 0 Å². The van der Waals surface area contributed by atoms with E-state index in [0.717, 1.165) is 19.3 Å². The molecule has 1 atom stereocenters. The molecule has 0 amide bonds. The third kappa shape index (κ3) is 5.17. The number of rotatable bonds is 6. The Labute approximate surface area is 77.4 Å². The first-order valence-corrected chi connectivity index (χ1v) is 4.79. The number of unbranched alkanes of at least 4 members (excludes halogenated alkanes) is 1. The van der Waals surface area contributed by atoms with Crippen molar-refractivity contribution in [2.75, 3.05) is 0 Å².